The maximum absolute atomic E-state index is 11.5. The van der Waals surface area contributed by atoms with Crippen molar-refractivity contribution in [2.75, 3.05) is 25.4 Å². The molecule has 1 heterocycles. The number of hydrogen-bond donors (Lipinski definition) is 0. The molecule has 0 aliphatic carbocycles. The molecule has 1 aliphatic rings. The smallest absolute Gasteiger partial charge is 0.0365 e. The second kappa shape index (κ2) is 5.55. The van der Waals surface area contributed by atoms with E-state index in [1.54, 1.807) is 0 Å². The minimum absolute atomic E-state index is 0.385. The minimum atomic E-state index is -0.594. The van der Waals surface area contributed by atoms with Crippen molar-refractivity contribution < 1.29 is 4.21 Å². The standard InChI is InChI=1S/C10H19NOS/c1-3-4-6-11-7-5-10(2)13(12)9-8-11/h3-4,10H,5-9H2,1-2H3/b4-3+. The molecule has 3 heteroatoms. The third-order valence-electron chi connectivity index (χ3n) is 2.51. The first-order valence-electron chi connectivity index (χ1n) is 4.94. The van der Waals surface area contributed by atoms with Crippen LogP contribution in [0.25, 0.3) is 0 Å². The molecule has 0 N–H and O–H groups in total. The summed E-state index contributed by atoms with van der Waals surface area (Å²) in [5.74, 6) is 0.846. The Bertz CT molecular complexity index is 203. The van der Waals surface area contributed by atoms with E-state index in [0.717, 1.165) is 31.8 Å². The number of nitrogens with zero attached hydrogens (tertiary/aromatic N) is 1. The van der Waals surface area contributed by atoms with E-state index in [1.165, 1.54) is 0 Å². The lowest BCUT2D eigenvalue weighted by molar-refractivity contribution is 0.323. The van der Waals surface area contributed by atoms with Crippen molar-refractivity contribution in [1.82, 2.24) is 4.90 Å². The summed E-state index contributed by atoms with van der Waals surface area (Å²) >= 11 is 0. The van der Waals surface area contributed by atoms with E-state index in [2.05, 4.69) is 24.0 Å². The van der Waals surface area contributed by atoms with Gasteiger partial charge in [0.25, 0.3) is 0 Å². The van der Waals surface area contributed by atoms with E-state index in [1.807, 2.05) is 6.92 Å². The molecule has 0 aromatic heterocycles. The van der Waals surface area contributed by atoms with E-state index in [-0.39, 0.29) is 0 Å². The van der Waals surface area contributed by atoms with E-state index < -0.39 is 10.8 Å². The lowest BCUT2D eigenvalue weighted by Crippen LogP contribution is -2.26. The molecule has 0 amide bonds. The SMILES string of the molecule is C/C=C/CN1CCC(C)S(=O)CC1. The van der Waals surface area contributed by atoms with Crippen LogP contribution < -0.4 is 0 Å². The van der Waals surface area contributed by atoms with Crippen molar-refractivity contribution in [2.45, 2.75) is 25.5 Å². The molecule has 0 bridgehead atoms. The fraction of sp³-hybridized carbons (Fsp3) is 0.800. The summed E-state index contributed by atoms with van der Waals surface area (Å²) < 4.78 is 11.5. The summed E-state index contributed by atoms with van der Waals surface area (Å²) in [5.41, 5.74) is 0. The van der Waals surface area contributed by atoms with Crippen molar-refractivity contribution in [3.05, 3.63) is 12.2 Å². The third kappa shape index (κ3) is 3.61. The summed E-state index contributed by atoms with van der Waals surface area (Å²) in [6.45, 7) is 7.23. The summed E-state index contributed by atoms with van der Waals surface area (Å²) in [4.78, 5) is 2.38. The topological polar surface area (TPSA) is 20.3 Å². The molecule has 1 rings (SSSR count). The number of hydrogen-bond acceptors (Lipinski definition) is 2. The highest BCUT2D eigenvalue weighted by Gasteiger charge is 2.17. The van der Waals surface area contributed by atoms with Crippen LogP contribution in [0.3, 0.4) is 0 Å². The van der Waals surface area contributed by atoms with Crippen LogP contribution >= 0.6 is 0 Å². The van der Waals surface area contributed by atoms with E-state index in [4.69, 9.17) is 0 Å². The molecule has 0 aromatic rings. The van der Waals surface area contributed by atoms with Crippen LogP contribution in [0.4, 0.5) is 0 Å². The van der Waals surface area contributed by atoms with Crippen LogP contribution in [-0.2, 0) is 10.8 Å². The average Bonchev–Trinajstić information content (AvgIpc) is 2.29. The van der Waals surface area contributed by atoms with Crippen LogP contribution in [0.15, 0.2) is 12.2 Å². The largest absolute Gasteiger partial charge is 0.299 e. The molecule has 0 spiro atoms. The first kappa shape index (κ1) is 10.9. The van der Waals surface area contributed by atoms with Gasteiger partial charge in [0.15, 0.2) is 0 Å². The summed E-state index contributed by atoms with van der Waals surface area (Å²) in [6, 6.07) is 0. The van der Waals surface area contributed by atoms with Gasteiger partial charge in [0.2, 0.25) is 0 Å². The zero-order valence-electron chi connectivity index (χ0n) is 8.53. The minimum Gasteiger partial charge on any atom is -0.299 e. The zero-order chi connectivity index (χ0) is 9.68. The molecule has 0 aromatic carbocycles. The number of rotatable bonds is 2. The Morgan fingerprint density at radius 2 is 2.31 bits per heavy atom. The Kier molecular flexibility index (Phi) is 4.67. The predicted molar refractivity (Wildman–Crippen MR) is 58.3 cm³/mol. The Morgan fingerprint density at radius 1 is 1.54 bits per heavy atom. The van der Waals surface area contributed by atoms with Gasteiger partial charge in [-0.3, -0.25) is 9.11 Å². The third-order valence-corrected chi connectivity index (χ3v) is 4.23. The van der Waals surface area contributed by atoms with Gasteiger partial charge < -0.3 is 0 Å². The Labute approximate surface area is 83.5 Å². The van der Waals surface area contributed by atoms with Gasteiger partial charge in [-0.15, -0.1) is 0 Å². The van der Waals surface area contributed by atoms with Crippen LogP contribution in [0.1, 0.15) is 20.3 Å². The van der Waals surface area contributed by atoms with Crippen molar-refractivity contribution >= 4 is 10.8 Å². The summed E-state index contributed by atoms with van der Waals surface area (Å²) in [7, 11) is -0.594. The Hall–Kier alpha value is -0.150. The van der Waals surface area contributed by atoms with Crippen molar-refractivity contribution in [1.29, 1.82) is 0 Å². The lowest BCUT2D eigenvalue weighted by atomic mass is 10.3. The van der Waals surface area contributed by atoms with Gasteiger partial charge in [-0.2, -0.15) is 0 Å². The lowest BCUT2D eigenvalue weighted by Gasteiger charge is -2.16. The first-order chi connectivity index (χ1) is 6.24. The van der Waals surface area contributed by atoms with Gasteiger partial charge in [0.1, 0.15) is 0 Å². The van der Waals surface area contributed by atoms with Gasteiger partial charge in [0, 0.05) is 34.9 Å². The first-order valence-corrected chi connectivity index (χ1v) is 6.33. The highest BCUT2D eigenvalue weighted by atomic mass is 32.2. The normalized spacial score (nSPS) is 32.2. The quantitative estimate of drug-likeness (QED) is 0.630. The molecule has 2 nitrogen and oxygen atoms in total. The zero-order valence-corrected chi connectivity index (χ0v) is 9.35. The second-order valence-corrected chi connectivity index (χ2v) is 5.53. The predicted octanol–water partition coefficient (Wildman–Crippen LogP) is 1.41. The molecule has 13 heavy (non-hydrogen) atoms. The van der Waals surface area contributed by atoms with Gasteiger partial charge in [-0.1, -0.05) is 19.1 Å². The Balaban J connectivity index is 2.39. The molecule has 2 unspecified atom stereocenters. The molecule has 76 valence electrons. The van der Waals surface area contributed by atoms with Gasteiger partial charge in [-0.25, -0.2) is 0 Å². The van der Waals surface area contributed by atoms with Crippen molar-refractivity contribution in [2.24, 2.45) is 0 Å². The Morgan fingerprint density at radius 3 is 3.00 bits per heavy atom. The molecular formula is C10H19NOS. The van der Waals surface area contributed by atoms with Crippen LogP contribution in [-0.4, -0.2) is 39.7 Å². The fourth-order valence-corrected chi connectivity index (χ4v) is 2.67. The van der Waals surface area contributed by atoms with Gasteiger partial charge >= 0.3 is 0 Å². The highest BCUT2D eigenvalue weighted by molar-refractivity contribution is 7.85. The molecule has 1 aliphatic heterocycles. The van der Waals surface area contributed by atoms with Crippen molar-refractivity contribution in [3.8, 4) is 0 Å². The van der Waals surface area contributed by atoms with E-state index in [0.29, 0.717) is 5.25 Å². The highest BCUT2D eigenvalue weighted by Crippen LogP contribution is 2.09. The second-order valence-electron chi connectivity index (χ2n) is 3.55. The monoisotopic (exact) mass is 201 g/mol. The fourth-order valence-electron chi connectivity index (χ4n) is 1.46. The van der Waals surface area contributed by atoms with Crippen LogP contribution in [0.2, 0.25) is 0 Å². The number of allylic oxidation sites excluding steroid dienone is 1. The molecule has 0 radical (unpaired) electrons. The van der Waals surface area contributed by atoms with Crippen molar-refractivity contribution in [3.63, 3.8) is 0 Å². The molecule has 1 saturated heterocycles. The molecule has 2 atom stereocenters. The van der Waals surface area contributed by atoms with Crippen LogP contribution in [0.5, 0.6) is 0 Å². The summed E-state index contributed by atoms with van der Waals surface area (Å²) in [6.07, 6.45) is 5.31. The maximum atomic E-state index is 11.5. The molecule has 0 saturated carbocycles. The maximum Gasteiger partial charge on any atom is 0.0365 e. The van der Waals surface area contributed by atoms with Crippen LogP contribution in [0, 0.1) is 0 Å². The van der Waals surface area contributed by atoms with Gasteiger partial charge in [0.05, 0.1) is 0 Å². The summed E-state index contributed by atoms with van der Waals surface area (Å²) in [5, 5.41) is 0.385. The molecular weight excluding hydrogens is 182 g/mol. The average molecular weight is 201 g/mol. The van der Waals surface area contributed by atoms with E-state index >= 15 is 0 Å². The molecule has 1 fully saturated rings. The van der Waals surface area contributed by atoms with E-state index in [9.17, 15) is 4.21 Å². The van der Waals surface area contributed by atoms with Gasteiger partial charge in [-0.05, 0) is 19.9 Å².